The van der Waals surface area contributed by atoms with Crippen molar-refractivity contribution in [3.8, 4) is 0 Å². The maximum Gasteiger partial charge on any atom is 0.249 e. The van der Waals surface area contributed by atoms with Gasteiger partial charge in [-0.15, -0.1) is 0 Å². The van der Waals surface area contributed by atoms with E-state index in [4.69, 9.17) is 4.74 Å². The van der Waals surface area contributed by atoms with Crippen molar-refractivity contribution in [3.63, 3.8) is 0 Å². The molecule has 1 N–H and O–H groups in total. The van der Waals surface area contributed by atoms with E-state index in [1.807, 2.05) is 0 Å². The Kier molecular flexibility index (Phi) is 3.79. The number of ether oxygens (including phenoxy) is 1. The second-order valence-electron chi connectivity index (χ2n) is 6.29. The molecule has 1 aromatic rings. The van der Waals surface area contributed by atoms with Gasteiger partial charge < -0.3 is 10.1 Å². The molecule has 1 heterocycles. The Morgan fingerprint density at radius 3 is 2.90 bits per heavy atom. The molecule has 3 nitrogen and oxygen atoms in total. The maximum atomic E-state index is 12.3. The van der Waals surface area contributed by atoms with E-state index >= 15 is 0 Å². The molecule has 0 unspecified atom stereocenters. The minimum atomic E-state index is -0.223. The average molecular weight is 273 g/mol. The lowest BCUT2D eigenvalue weighted by atomic mass is 10.0. The molecular formula is C17H23NO2. The fourth-order valence-corrected chi connectivity index (χ4v) is 3.00. The number of carbonyl (C=O) groups is 1. The van der Waals surface area contributed by atoms with Crippen LogP contribution in [0.2, 0.25) is 0 Å². The van der Waals surface area contributed by atoms with Gasteiger partial charge in [0.1, 0.15) is 6.10 Å². The van der Waals surface area contributed by atoms with Crippen molar-refractivity contribution in [1.82, 2.24) is 5.32 Å². The Labute approximate surface area is 120 Å². The first-order valence-electron chi connectivity index (χ1n) is 7.66. The van der Waals surface area contributed by atoms with Crippen LogP contribution in [0.4, 0.5) is 0 Å². The minimum Gasteiger partial charge on any atom is -0.368 e. The number of nitrogens with one attached hydrogen (secondary N) is 1. The minimum absolute atomic E-state index is 0.00825. The molecule has 2 aliphatic rings. The van der Waals surface area contributed by atoms with Crippen LogP contribution in [0.25, 0.3) is 0 Å². The number of rotatable bonds is 4. The zero-order chi connectivity index (χ0) is 14.0. The molecule has 1 amide bonds. The van der Waals surface area contributed by atoms with Gasteiger partial charge in [-0.1, -0.05) is 29.8 Å². The van der Waals surface area contributed by atoms with E-state index in [-0.39, 0.29) is 17.6 Å². The van der Waals surface area contributed by atoms with E-state index in [1.54, 1.807) is 0 Å². The molecule has 0 aromatic heterocycles. The molecule has 1 aliphatic heterocycles. The van der Waals surface area contributed by atoms with Gasteiger partial charge in [0.05, 0.1) is 0 Å². The number of benzene rings is 1. The van der Waals surface area contributed by atoms with Gasteiger partial charge in [0, 0.05) is 12.1 Å². The summed E-state index contributed by atoms with van der Waals surface area (Å²) in [6, 6.07) is 8.56. The maximum absolute atomic E-state index is 12.3. The third-order valence-electron chi connectivity index (χ3n) is 4.34. The molecule has 0 bridgehead atoms. The van der Waals surface area contributed by atoms with E-state index in [2.05, 4.69) is 36.5 Å². The quantitative estimate of drug-likeness (QED) is 0.916. The summed E-state index contributed by atoms with van der Waals surface area (Å²) in [5, 5.41) is 3.24. The van der Waals surface area contributed by atoms with Crippen LogP contribution < -0.4 is 5.32 Å². The highest BCUT2D eigenvalue weighted by molar-refractivity contribution is 5.82. The van der Waals surface area contributed by atoms with Gasteiger partial charge in [0.15, 0.2) is 0 Å². The molecule has 3 heteroatoms. The predicted octanol–water partition coefficient (Wildman–Crippen LogP) is 2.76. The molecule has 20 heavy (non-hydrogen) atoms. The Morgan fingerprint density at radius 2 is 2.25 bits per heavy atom. The van der Waals surface area contributed by atoms with Gasteiger partial charge >= 0.3 is 0 Å². The van der Waals surface area contributed by atoms with E-state index < -0.39 is 0 Å². The Balaban J connectivity index is 1.60. The van der Waals surface area contributed by atoms with E-state index in [0.717, 1.165) is 45.1 Å². The van der Waals surface area contributed by atoms with Crippen LogP contribution in [0, 0.1) is 6.92 Å². The zero-order valence-electron chi connectivity index (χ0n) is 12.2. The van der Waals surface area contributed by atoms with Crippen molar-refractivity contribution >= 4 is 5.91 Å². The molecule has 1 aliphatic carbocycles. The summed E-state index contributed by atoms with van der Waals surface area (Å²) >= 11 is 0. The molecule has 3 rings (SSSR count). The summed E-state index contributed by atoms with van der Waals surface area (Å²) in [6.07, 6.45) is 5.93. The Hall–Kier alpha value is -1.35. The third-order valence-corrected chi connectivity index (χ3v) is 4.34. The van der Waals surface area contributed by atoms with Crippen molar-refractivity contribution in [2.24, 2.45) is 0 Å². The topological polar surface area (TPSA) is 38.3 Å². The molecule has 1 atom stereocenters. The van der Waals surface area contributed by atoms with Crippen molar-refractivity contribution < 1.29 is 9.53 Å². The smallest absolute Gasteiger partial charge is 0.249 e. The van der Waals surface area contributed by atoms with Crippen molar-refractivity contribution in [3.05, 3.63) is 35.4 Å². The lowest BCUT2D eigenvalue weighted by Crippen LogP contribution is -2.46. The molecular weight excluding hydrogens is 250 g/mol. The number of amides is 1. The molecule has 1 aromatic carbocycles. The van der Waals surface area contributed by atoms with Gasteiger partial charge in [0.25, 0.3) is 0 Å². The summed E-state index contributed by atoms with van der Waals surface area (Å²) in [4.78, 5) is 12.3. The summed E-state index contributed by atoms with van der Waals surface area (Å²) in [7, 11) is 0. The second kappa shape index (κ2) is 5.57. The summed E-state index contributed by atoms with van der Waals surface area (Å²) < 4.78 is 5.57. The van der Waals surface area contributed by atoms with Crippen LogP contribution in [-0.4, -0.2) is 24.2 Å². The fourth-order valence-electron chi connectivity index (χ4n) is 3.00. The first kappa shape index (κ1) is 13.6. The van der Waals surface area contributed by atoms with E-state index in [1.165, 1.54) is 11.1 Å². The Bertz CT molecular complexity index is 488. The van der Waals surface area contributed by atoms with E-state index in [9.17, 15) is 4.79 Å². The zero-order valence-corrected chi connectivity index (χ0v) is 12.2. The first-order chi connectivity index (χ1) is 9.67. The van der Waals surface area contributed by atoms with Crippen LogP contribution >= 0.6 is 0 Å². The van der Waals surface area contributed by atoms with Gasteiger partial charge in [-0.3, -0.25) is 4.79 Å². The SMILES string of the molecule is Cc1cccc(CC2(NC(=O)[C@@H]3CCCCO3)CC2)c1. The number of hydrogen-bond acceptors (Lipinski definition) is 2. The number of carbonyl (C=O) groups excluding carboxylic acids is 1. The van der Waals surface area contributed by atoms with Crippen LogP contribution in [0.1, 0.15) is 43.2 Å². The van der Waals surface area contributed by atoms with Crippen LogP contribution in [0.15, 0.2) is 24.3 Å². The highest BCUT2D eigenvalue weighted by Gasteiger charge is 2.45. The van der Waals surface area contributed by atoms with Gasteiger partial charge in [0.2, 0.25) is 5.91 Å². The fraction of sp³-hybridized carbons (Fsp3) is 0.588. The lowest BCUT2D eigenvalue weighted by molar-refractivity contribution is -0.136. The van der Waals surface area contributed by atoms with Crippen LogP contribution in [-0.2, 0) is 16.0 Å². The largest absolute Gasteiger partial charge is 0.368 e. The Morgan fingerprint density at radius 1 is 1.40 bits per heavy atom. The van der Waals surface area contributed by atoms with Crippen LogP contribution in [0.5, 0.6) is 0 Å². The molecule has 108 valence electrons. The van der Waals surface area contributed by atoms with Gasteiger partial charge in [-0.2, -0.15) is 0 Å². The highest BCUT2D eigenvalue weighted by atomic mass is 16.5. The lowest BCUT2D eigenvalue weighted by Gasteiger charge is -2.25. The summed E-state index contributed by atoms with van der Waals surface area (Å²) in [6.45, 7) is 2.83. The van der Waals surface area contributed by atoms with Gasteiger partial charge in [-0.05, 0) is 51.0 Å². The monoisotopic (exact) mass is 273 g/mol. The highest BCUT2D eigenvalue weighted by Crippen LogP contribution is 2.39. The van der Waals surface area contributed by atoms with Crippen LogP contribution in [0.3, 0.4) is 0 Å². The summed E-state index contributed by atoms with van der Waals surface area (Å²) in [5.74, 6) is 0.0925. The number of aryl methyl sites for hydroxylation is 1. The van der Waals surface area contributed by atoms with Gasteiger partial charge in [-0.25, -0.2) is 0 Å². The molecule has 0 radical (unpaired) electrons. The predicted molar refractivity (Wildman–Crippen MR) is 78.6 cm³/mol. The summed E-state index contributed by atoms with van der Waals surface area (Å²) in [5.41, 5.74) is 2.58. The second-order valence-corrected chi connectivity index (χ2v) is 6.29. The molecule has 1 saturated carbocycles. The number of hydrogen-bond donors (Lipinski definition) is 1. The first-order valence-corrected chi connectivity index (χ1v) is 7.66. The van der Waals surface area contributed by atoms with Crippen molar-refractivity contribution in [2.75, 3.05) is 6.61 Å². The van der Waals surface area contributed by atoms with Crippen molar-refractivity contribution in [2.45, 2.75) is 57.1 Å². The molecule has 0 spiro atoms. The van der Waals surface area contributed by atoms with Crippen molar-refractivity contribution in [1.29, 1.82) is 0 Å². The average Bonchev–Trinajstić information content (AvgIpc) is 3.19. The molecule has 2 fully saturated rings. The standard InChI is InChI=1S/C17H23NO2/c1-13-5-4-6-14(11-13)12-17(8-9-17)18-16(19)15-7-2-3-10-20-15/h4-6,11,15H,2-3,7-10,12H2,1H3,(H,18,19)/t15-/m0/s1. The third kappa shape index (κ3) is 3.21. The normalized spacial score (nSPS) is 24.1. The molecule has 1 saturated heterocycles. The van der Waals surface area contributed by atoms with E-state index in [0.29, 0.717) is 0 Å².